The Morgan fingerprint density at radius 1 is 1.40 bits per heavy atom. The summed E-state index contributed by atoms with van der Waals surface area (Å²) in [5, 5.41) is 4.40. The van der Waals surface area contributed by atoms with Crippen LogP contribution >= 0.6 is 0 Å². The zero-order valence-electron chi connectivity index (χ0n) is 16.2. The first-order valence-electron chi connectivity index (χ1n) is 8.71. The number of nitrogens with zero attached hydrogens (tertiary/aromatic N) is 2. The molecule has 2 aromatic rings. The second-order valence-corrected chi connectivity index (χ2v) is 6.11. The van der Waals surface area contributed by atoms with Crippen LogP contribution in [0.2, 0.25) is 0 Å². The Bertz CT molecular complexity index is 793. The lowest BCUT2D eigenvalue weighted by Gasteiger charge is -2.26. The monoisotopic (exact) mass is 339 g/mol. The van der Waals surface area contributed by atoms with Crippen molar-refractivity contribution in [1.82, 2.24) is 4.98 Å². The normalized spacial score (nSPS) is 12.2. The zero-order valence-corrected chi connectivity index (χ0v) is 16.2. The van der Waals surface area contributed by atoms with Crippen LogP contribution in [0.1, 0.15) is 31.4 Å². The molecule has 0 amide bonds. The second kappa shape index (κ2) is 8.67. The fraction of sp³-hybridized carbons (Fsp3) is 0.381. The van der Waals surface area contributed by atoms with Crippen LogP contribution in [0.5, 0.6) is 0 Å². The van der Waals surface area contributed by atoms with E-state index < -0.39 is 0 Å². The van der Waals surface area contributed by atoms with E-state index in [0.717, 1.165) is 28.6 Å². The van der Waals surface area contributed by atoms with Gasteiger partial charge in [-0.25, -0.2) is 0 Å². The van der Waals surface area contributed by atoms with Crippen molar-refractivity contribution in [2.75, 3.05) is 38.0 Å². The molecule has 134 valence electrons. The van der Waals surface area contributed by atoms with Crippen LogP contribution in [-0.2, 0) is 4.74 Å². The highest BCUT2D eigenvalue weighted by Crippen LogP contribution is 2.36. The van der Waals surface area contributed by atoms with Crippen molar-refractivity contribution in [1.29, 1.82) is 0 Å². The average Bonchev–Trinajstić information content (AvgIpc) is 2.61. The van der Waals surface area contributed by atoms with Gasteiger partial charge in [0.15, 0.2) is 0 Å². The molecule has 0 aliphatic rings. The van der Waals surface area contributed by atoms with Gasteiger partial charge in [-0.05, 0) is 43.5 Å². The minimum absolute atomic E-state index is 0.593. The summed E-state index contributed by atoms with van der Waals surface area (Å²) in [7, 11) is 5.77. The molecule has 0 atom stereocenters. The molecule has 0 spiro atoms. The number of hydrogen-bond donors (Lipinski definition) is 1. The van der Waals surface area contributed by atoms with E-state index in [-0.39, 0.29) is 0 Å². The molecule has 0 radical (unpaired) electrons. The lowest BCUT2D eigenvalue weighted by molar-refractivity contribution is 0.234. The Hall–Kier alpha value is -2.33. The number of ether oxygens (including phenoxy) is 1. The van der Waals surface area contributed by atoms with Crippen molar-refractivity contribution >= 4 is 28.4 Å². The number of allylic oxidation sites excluding steroid dienone is 2. The summed E-state index contributed by atoms with van der Waals surface area (Å²) in [4.78, 5) is 6.89. The summed E-state index contributed by atoms with van der Waals surface area (Å²) in [6, 6.07) is 4.22. The van der Waals surface area contributed by atoms with Gasteiger partial charge in [0.05, 0.1) is 17.8 Å². The van der Waals surface area contributed by atoms with E-state index in [1.54, 1.807) is 7.11 Å². The highest BCUT2D eigenvalue weighted by Gasteiger charge is 2.16. The zero-order chi connectivity index (χ0) is 18.4. The van der Waals surface area contributed by atoms with Crippen molar-refractivity contribution in [3.8, 4) is 0 Å². The molecule has 0 fully saturated rings. The fourth-order valence-corrected chi connectivity index (χ4v) is 3.14. The van der Waals surface area contributed by atoms with Crippen molar-refractivity contribution in [3.05, 3.63) is 47.3 Å². The number of methoxy groups -OCH3 is 1. The van der Waals surface area contributed by atoms with Crippen LogP contribution in [0.3, 0.4) is 0 Å². The third-order valence-corrected chi connectivity index (χ3v) is 4.47. The quantitative estimate of drug-likeness (QED) is 0.771. The molecule has 0 saturated carbocycles. The predicted octanol–water partition coefficient (Wildman–Crippen LogP) is 4.99. The lowest BCUT2D eigenvalue weighted by Crippen LogP contribution is -2.17. The molecule has 1 aromatic heterocycles. The summed E-state index contributed by atoms with van der Waals surface area (Å²) in [5.74, 6) is 0. The van der Waals surface area contributed by atoms with Crippen LogP contribution < -0.4 is 10.2 Å². The molecule has 0 unspecified atom stereocenters. The first-order valence-corrected chi connectivity index (χ1v) is 8.71. The standard InChI is InChI=1S/C21H29N3O/c1-7-9-15(2)24(5)21-16(3)20-18(19(22-4)11-12-23-20)14-17(21)10-8-13-25-6/h8-12,14H,7,13H2,1-6H3,(H,22,23)/b10-8+,15-9+. The van der Waals surface area contributed by atoms with E-state index in [4.69, 9.17) is 4.74 Å². The van der Waals surface area contributed by atoms with Gasteiger partial charge in [0.2, 0.25) is 0 Å². The number of benzene rings is 1. The average molecular weight is 339 g/mol. The highest BCUT2D eigenvalue weighted by atomic mass is 16.5. The summed E-state index contributed by atoms with van der Waals surface area (Å²) in [6.07, 6.45) is 9.29. The number of nitrogens with one attached hydrogen (secondary N) is 1. The van der Waals surface area contributed by atoms with Gasteiger partial charge in [-0.1, -0.05) is 25.2 Å². The van der Waals surface area contributed by atoms with Crippen LogP contribution in [0.25, 0.3) is 17.0 Å². The maximum atomic E-state index is 5.18. The van der Waals surface area contributed by atoms with E-state index in [9.17, 15) is 0 Å². The number of anilines is 2. The van der Waals surface area contributed by atoms with E-state index in [1.165, 1.54) is 16.9 Å². The summed E-state index contributed by atoms with van der Waals surface area (Å²) >= 11 is 0. The molecule has 1 aromatic carbocycles. The van der Waals surface area contributed by atoms with Crippen LogP contribution in [-0.4, -0.2) is 32.8 Å². The van der Waals surface area contributed by atoms with Crippen LogP contribution in [0.4, 0.5) is 11.4 Å². The van der Waals surface area contributed by atoms with E-state index in [2.05, 4.69) is 61.2 Å². The Morgan fingerprint density at radius 3 is 2.80 bits per heavy atom. The van der Waals surface area contributed by atoms with Crippen molar-refractivity contribution in [2.45, 2.75) is 27.2 Å². The Kier molecular flexibility index (Phi) is 6.59. The molecule has 25 heavy (non-hydrogen) atoms. The first kappa shape index (κ1) is 19.0. The highest BCUT2D eigenvalue weighted by molar-refractivity contribution is 5.99. The third kappa shape index (κ3) is 4.02. The molecule has 4 heteroatoms. The smallest absolute Gasteiger partial charge is 0.0773 e. The van der Waals surface area contributed by atoms with Gasteiger partial charge in [-0.2, -0.15) is 0 Å². The maximum Gasteiger partial charge on any atom is 0.0773 e. The Morgan fingerprint density at radius 2 is 2.16 bits per heavy atom. The number of aromatic nitrogens is 1. The van der Waals surface area contributed by atoms with Crippen molar-refractivity contribution < 1.29 is 4.74 Å². The summed E-state index contributed by atoms with van der Waals surface area (Å²) < 4.78 is 5.18. The second-order valence-electron chi connectivity index (χ2n) is 6.11. The topological polar surface area (TPSA) is 37.4 Å². The van der Waals surface area contributed by atoms with E-state index in [1.807, 2.05) is 25.4 Å². The van der Waals surface area contributed by atoms with Crippen molar-refractivity contribution in [3.63, 3.8) is 0 Å². The minimum atomic E-state index is 0.593. The molecule has 0 aliphatic heterocycles. The van der Waals surface area contributed by atoms with Gasteiger partial charge in [-0.3, -0.25) is 4.98 Å². The van der Waals surface area contributed by atoms with E-state index >= 15 is 0 Å². The van der Waals surface area contributed by atoms with Gasteiger partial charge >= 0.3 is 0 Å². The van der Waals surface area contributed by atoms with Crippen LogP contribution in [0.15, 0.2) is 36.2 Å². The maximum absolute atomic E-state index is 5.18. The fourth-order valence-electron chi connectivity index (χ4n) is 3.14. The molecule has 0 bridgehead atoms. The van der Waals surface area contributed by atoms with Gasteiger partial charge in [0.25, 0.3) is 0 Å². The number of fused-ring (bicyclic) bond motifs is 1. The Labute approximate surface area is 151 Å². The molecular weight excluding hydrogens is 310 g/mol. The molecule has 0 aliphatic carbocycles. The molecular formula is C21H29N3O. The minimum Gasteiger partial charge on any atom is -0.388 e. The number of rotatable bonds is 7. The number of aryl methyl sites for hydroxylation is 1. The summed E-state index contributed by atoms with van der Waals surface area (Å²) in [5.41, 5.74) is 6.88. The molecule has 0 saturated heterocycles. The van der Waals surface area contributed by atoms with Gasteiger partial charge < -0.3 is 15.0 Å². The predicted molar refractivity (Wildman–Crippen MR) is 109 cm³/mol. The van der Waals surface area contributed by atoms with E-state index in [0.29, 0.717) is 6.61 Å². The van der Waals surface area contributed by atoms with Gasteiger partial charge in [-0.15, -0.1) is 0 Å². The van der Waals surface area contributed by atoms with Crippen LogP contribution in [0, 0.1) is 6.92 Å². The molecule has 4 nitrogen and oxygen atoms in total. The summed E-state index contributed by atoms with van der Waals surface area (Å²) in [6.45, 7) is 7.04. The lowest BCUT2D eigenvalue weighted by atomic mass is 10.00. The number of pyridine rings is 1. The van der Waals surface area contributed by atoms with Crippen molar-refractivity contribution in [2.24, 2.45) is 0 Å². The Balaban J connectivity index is 2.74. The molecule has 1 heterocycles. The molecule has 1 N–H and O–H groups in total. The van der Waals surface area contributed by atoms with Gasteiger partial charge in [0, 0.05) is 44.2 Å². The van der Waals surface area contributed by atoms with Gasteiger partial charge in [0.1, 0.15) is 0 Å². The molecule has 2 rings (SSSR count). The third-order valence-electron chi connectivity index (χ3n) is 4.47. The first-order chi connectivity index (χ1) is 12.0. The SMILES string of the molecule is CC/C=C(\C)N(C)c1c(/C=C/COC)cc2c(NC)ccnc2c1C. The largest absolute Gasteiger partial charge is 0.388 e. The number of hydrogen-bond acceptors (Lipinski definition) is 4.